The Morgan fingerprint density at radius 1 is 1.08 bits per heavy atom. The number of aryl methyl sites for hydroxylation is 2. The maximum absolute atomic E-state index is 14.9. The van der Waals surface area contributed by atoms with Gasteiger partial charge in [-0.05, 0) is 92.0 Å². The molecule has 186 valence electrons. The fraction of sp³-hybridized carbons (Fsp3) is 0.290. The summed E-state index contributed by atoms with van der Waals surface area (Å²) in [4.78, 5) is 0. The number of hydrogen-bond donors (Lipinski definition) is 1. The Labute approximate surface area is 210 Å². The van der Waals surface area contributed by atoms with Crippen LogP contribution in [0.2, 0.25) is 0 Å². The normalized spacial score (nSPS) is 16.1. The molecule has 0 bridgehead atoms. The van der Waals surface area contributed by atoms with Crippen LogP contribution in [0.1, 0.15) is 42.9 Å². The van der Waals surface area contributed by atoms with E-state index in [2.05, 4.69) is 18.7 Å². The molecule has 0 saturated carbocycles. The number of hydrogen-bond acceptors (Lipinski definition) is 2. The summed E-state index contributed by atoms with van der Waals surface area (Å²) in [6, 6.07) is 17.7. The first-order valence-corrected chi connectivity index (χ1v) is 12.2. The SMILES string of the molecule is C=CCOc1ccc(-c2c#cc(CCc3ccc(C4=CCC(C(C)O)CC4)c(F)c3F)cc2)cc1F. The lowest BCUT2D eigenvalue weighted by molar-refractivity contribution is 0.120. The molecule has 5 heteroatoms. The molecule has 2 atom stereocenters. The molecule has 0 spiro atoms. The first-order chi connectivity index (χ1) is 17.4. The predicted octanol–water partition coefficient (Wildman–Crippen LogP) is 7.29. The Kier molecular flexibility index (Phi) is 8.18. The lowest BCUT2D eigenvalue weighted by Crippen LogP contribution is -2.18. The van der Waals surface area contributed by atoms with Crippen molar-refractivity contribution in [3.63, 3.8) is 0 Å². The minimum absolute atomic E-state index is 0.156. The fourth-order valence-electron chi connectivity index (χ4n) is 4.50. The van der Waals surface area contributed by atoms with Gasteiger partial charge in [0.1, 0.15) is 6.61 Å². The van der Waals surface area contributed by atoms with Crippen LogP contribution in [0.5, 0.6) is 5.75 Å². The van der Waals surface area contributed by atoms with Gasteiger partial charge in [0.2, 0.25) is 0 Å². The van der Waals surface area contributed by atoms with E-state index < -0.39 is 23.6 Å². The van der Waals surface area contributed by atoms with Crippen LogP contribution in [0.15, 0.2) is 61.2 Å². The first kappa shape index (κ1) is 25.6. The molecule has 0 heterocycles. The first-order valence-electron chi connectivity index (χ1n) is 12.2. The summed E-state index contributed by atoms with van der Waals surface area (Å²) in [6.07, 6.45) is 5.89. The molecule has 2 nitrogen and oxygen atoms in total. The van der Waals surface area contributed by atoms with E-state index in [1.807, 2.05) is 12.1 Å². The summed E-state index contributed by atoms with van der Waals surface area (Å²) in [7, 11) is 0. The lowest BCUT2D eigenvalue weighted by Gasteiger charge is -2.24. The second-order valence-electron chi connectivity index (χ2n) is 9.17. The number of halogens is 3. The van der Waals surface area contributed by atoms with Gasteiger partial charge in [-0.1, -0.05) is 43.0 Å². The van der Waals surface area contributed by atoms with Crippen molar-refractivity contribution in [2.75, 3.05) is 6.61 Å². The highest BCUT2D eigenvalue weighted by Crippen LogP contribution is 2.34. The number of ether oxygens (including phenoxy) is 1. The zero-order valence-electron chi connectivity index (χ0n) is 20.3. The molecular weight excluding hydrogens is 461 g/mol. The third-order valence-electron chi connectivity index (χ3n) is 6.71. The summed E-state index contributed by atoms with van der Waals surface area (Å²) in [5.41, 5.74) is 3.52. The van der Waals surface area contributed by atoms with Crippen LogP contribution in [0.25, 0.3) is 16.7 Å². The molecule has 3 aromatic carbocycles. The number of benzene rings is 2. The van der Waals surface area contributed by atoms with E-state index in [0.717, 1.165) is 17.6 Å². The minimum Gasteiger partial charge on any atom is -0.486 e. The molecule has 0 saturated heterocycles. The summed E-state index contributed by atoms with van der Waals surface area (Å²) in [6.45, 7) is 5.53. The lowest BCUT2D eigenvalue weighted by atomic mass is 9.83. The molecule has 3 aromatic rings. The van der Waals surface area contributed by atoms with Gasteiger partial charge in [-0.15, -0.1) is 0 Å². The topological polar surface area (TPSA) is 29.5 Å². The monoisotopic (exact) mass is 490 g/mol. The molecule has 1 aliphatic rings. The molecular formula is C31H29F3O2. The van der Waals surface area contributed by atoms with Crippen LogP contribution in [-0.2, 0) is 12.8 Å². The van der Waals surface area contributed by atoms with Gasteiger partial charge < -0.3 is 9.84 Å². The zero-order valence-corrected chi connectivity index (χ0v) is 20.3. The summed E-state index contributed by atoms with van der Waals surface area (Å²) < 4.78 is 49.2. The standard InChI is InChI=1S/C31H29F3O2/c1-3-18-36-29-17-15-26(19-28(29)32)23-7-4-21(5-8-23)6-9-25-14-16-27(31(34)30(25)33)24-12-10-22(11-13-24)20(2)35/h3-4,7,12,14-17,19-20,22,35H,1,6,9-11,13,18H2,2H3. The van der Waals surface area contributed by atoms with E-state index in [4.69, 9.17) is 4.74 Å². The van der Waals surface area contributed by atoms with Crippen LogP contribution in [0.4, 0.5) is 13.2 Å². The third-order valence-corrected chi connectivity index (χ3v) is 6.71. The van der Waals surface area contributed by atoms with Crippen LogP contribution >= 0.6 is 0 Å². The molecule has 1 N–H and O–H groups in total. The van der Waals surface area contributed by atoms with Gasteiger partial charge in [-0.2, -0.15) is 0 Å². The van der Waals surface area contributed by atoms with Gasteiger partial charge in [0.25, 0.3) is 0 Å². The fourth-order valence-corrected chi connectivity index (χ4v) is 4.50. The Morgan fingerprint density at radius 3 is 2.56 bits per heavy atom. The molecule has 36 heavy (non-hydrogen) atoms. The van der Waals surface area contributed by atoms with Crippen molar-refractivity contribution in [3.8, 4) is 16.9 Å². The van der Waals surface area contributed by atoms with Crippen LogP contribution < -0.4 is 4.74 Å². The maximum Gasteiger partial charge on any atom is 0.166 e. The Balaban J connectivity index is 1.41. The molecule has 2 unspecified atom stereocenters. The van der Waals surface area contributed by atoms with Crippen molar-refractivity contribution < 1.29 is 23.0 Å². The molecule has 0 aliphatic heterocycles. The maximum atomic E-state index is 14.9. The smallest absolute Gasteiger partial charge is 0.166 e. The molecule has 0 amide bonds. The molecule has 0 fully saturated rings. The molecule has 0 radical (unpaired) electrons. The number of aliphatic hydroxyl groups is 1. The van der Waals surface area contributed by atoms with Gasteiger partial charge in [0.05, 0.1) is 6.10 Å². The average molecular weight is 491 g/mol. The highest BCUT2D eigenvalue weighted by Gasteiger charge is 2.22. The largest absolute Gasteiger partial charge is 0.486 e. The van der Waals surface area contributed by atoms with Gasteiger partial charge in [-0.25, -0.2) is 13.2 Å². The number of rotatable bonds is 9. The van der Waals surface area contributed by atoms with E-state index in [9.17, 15) is 18.3 Å². The number of aliphatic hydroxyl groups excluding tert-OH is 1. The second kappa shape index (κ2) is 11.5. The van der Waals surface area contributed by atoms with Crippen LogP contribution in [-0.4, -0.2) is 17.8 Å². The predicted molar refractivity (Wildman–Crippen MR) is 136 cm³/mol. The molecule has 1 aliphatic carbocycles. The Hall–Kier alpha value is -3.49. The average Bonchev–Trinajstić information content (AvgIpc) is 2.89. The second-order valence-corrected chi connectivity index (χ2v) is 9.17. The van der Waals surface area contributed by atoms with E-state index in [1.54, 1.807) is 43.3 Å². The van der Waals surface area contributed by atoms with Crippen molar-refractivity contribution in [1.82, 2.24) is 0 Å². The van der Waals surface area contributed by atoms with Crippen molar-refractivity contribution in [2.45, 2.75) is 45.1 Å². The molecule has 4 rings (SSSR count). The van der Waals surface area contributed by atoms with E-state index >= 15 is 0 Å². The summed E-state index contributed by atoms with van der Waals surface area (Å²) in [5.74, 6) is -1.79. The van der Waals surface area contributed by atoms with Crippen molar-refractivity contribution in [2.24, 2.45) is 5.92 Å². The van der Waals surface area contributed by atoms with E-state index in [1.165, 1.54) is 6.07 Å². The van der Waals surface area contributed by atoms with Gasteiger partial charge in [0, 0.05) is 16.7 Å². The Bertz CT molecular complexity index is 1250. The highest BCUT2D eigenvalue weighted by molar-refractivity contribution is 5.67. The van der Waals surface area contributed by atoms with Gasteiger partial charge >= 0.3 is 0 Å². The van der Waals surface area contributed by atoms with Crippen molar-refractivity contribution in [1.29, 1.82) is 0 Å². The third kappa shape index (κ3) is 5.83. The van der Waals surface area contributed by atoms with Crippen molar-refractivity contribution in [3.05, 3.63) is 107 Å². The van der Waals surface area contributed by atoms with Crippen molar-refractivity contribution >= 4 is 5.57 Å². The summed E-state index contributed by atoms with van der Waals surface area (Å²) in [5, 5.41) is 9.75. The molecule has 0 aromatic heterocycles. The van der Waals surface area contributed by atoms with E-state index in [-0.39, 0.29) is 18.3 Å². The van der Waals surface area contributed by atoms with Gasteiger partial charge in [-0.3, -0.25) is 0 Å². The minimum atomic E-state index is -0.819. The van der Waals surface area contributed by atoms with E-state index in [0.29, 0.717) is 47.9 Å². The zero-order chi connectivity index (χ0) is 25.7. The quantitative estimate of drug-likeness (QED) is 0.319. The van der Waals surface area contributed by atoms with Crippen LogP contribution in [0, 0.1) is 35.5 Å². The summed E-state index contributed by atoms with van der Waals surface area (Å²) >= 11 is 0. The van der Waals surface area contributed by atoms with Gasteiger partial charge in [0.15, 0.2) is 23.2 Å². The Morgan fingerprint density at radius 2 is 1.92 bits per heavy atom. The highest BCUT2D eigenvalue weighted by atomic mass is 19.2. The number of allylic oxidation sites excluding steroid dienone is 2. The van der Waals surface area contributed by atoms with Crippen LogP contribution in [0.3, 0.4) is 0 Å².